The van der Waals surface area contributed by atoms with Gasteiger partial charge in [-0.1, -0.05) is 55.4 Å². The highest BCUT2D eigenvalue weighted by Gasteiger charge is 2.15. The zero-order chi connectivity index (χ0) is 23.1. The first kappa shape index (κ1) is 23.8. The van der Waals surface area contributed by atoms with Crippen LogP contribution in [0.5, 0.6) is 5.75 Å². The van der Waals surface area contributed by atoms with E-state index >= 15 is 0 Å². The van der Waals surface area contributed by atoms with Crippen molar-refractivity contribution in [3.05, 3.63) is 77.3 Å². The van der Waals surface area contributed by atoms with Crippen LogP contribution in [0.15, 0.2) is 60.3 Å². The highest BCUT2D eigenvalue weighted by atomic mass is 35.5. The Hall–Kier alpha value is -2.84. The van der Waals surface area contributed by atoms with Crippen molar-refractivity contribution in [2.75, 3.05) is 11.1 Å². The third-order valence-electron chi connectivity index (χ3n) is 4.56. The van der Waals surface area contributed by atoms with Crippen LogP contribution in [0.3, 0.4) is 0 Å². The molecule has 3 aromatic rings. The van der Waals surface area contributed by atoms with Crippen LogP contribution in [-0.4, -0.2) is 26.4 Å². The molecule has 1 heterocycles. The standard InChI is InChI=1S/C23H24ClFN4O2S/c1-4-11-29-21(13-31-18-9-10-20(25)19(24)12-18)27-28-23(29)32-14-22(30)26-17-7-5-16(6-8-17)15(2)3/h4-10,12,15H,1,11,13-14H2,2-3H3,(H,26,30). The SMILES string of the molecule is C=CCn1c(COc2ccc(F)c(Cl)c2)nnc1SCC(=O)Nc1ccc(C(C)C)cc1. The van der Waals surface area contributed by atoms with E-state index in [0.29, 0.717) is 29.2 Å². The minimum atomic E-state index is -0.512. The molecule has 0 unspecified atom stereocenters. The van der Waals surface area contributed by atoms with Crippen LogP contribution in [0.2, 0.25) is 5.02 Å². The molecule has 0 aliphatic rings. The van der Waals surface area contributed by atoms with Gasteiger partial charge in [0.2, 0.25) is 5.91 Å². The summed E-state index contributed by atoms with van der Waals surface area (Å²) in [5, 5.41) is 11.8. The van der Waals surface area contributed by atoms with Gasteiger partial charge in [0.25, 0.3) is 0 Å². The van der Waals surface area contributed by atoms with Crippen molar-refractivity contribution in [3.8, 4) is 5.75 Å². The Bertz CT molecular complexity index is 1090. The average molecular weight is 475 g/mol. The number of benzene rings is 2. The van der Waals surface area contributed by atoms with E-state index in [1.165, 1.54) is 35.5 Å². The third kappa shape index (κ3) is 6.34. The lowest BCUT2D eigenvalue weighted by molar-refractivity contribution is -0.113. The first-order valence-electron chi connectivity index (χ1n) is 10.0. The van der Waals surface area contributed by atoms with Crippen LogP contribution in [0.1, 0.15) is 31.2 Å². The molecule has 0 saturated heterocycles. The number of aromatic nitrogens is 3. The number of rotatable bonds is 10. The van der Waals surface area contributed by atoms with E-state index in [9.17, 15) is 9.18 Å². The van der Waals surface area contributed by atoms with E-state index in [0.717, 1.165) is 5.69 Å². The number of halogens is 2. The number of ether oxygens (including phenoxy) is 1. The van der Waals surface area contributed by atoms with Gasteiger partial charge in [0, 0.05) is 18.3 Å². The molecule has 2 aromatic carbocycles. The van der Waals surface area contributed by atoms with Gasteiger partial charge in [0.15, 0.2) is 11.0 Å². The van der Waals surface area contributed by atoms with Crippen molar-refractivity contribution in [1.29, 1.82) is 0 Å². The van der Waals surface area contributed by atoms with Crippen molar-refractivity contribution >= 4 is 35.0 Å². The van der Waals surface area contributed by atoms with Gasteiger partial charge in [-0.15, -0.1) is 16.8 Å². The number of amides is 1. The Kier molecular flexibility index (Phi) is 8.30. The fourth-order valence-corrected chi connectivity index (χ4v) is 3.78. The number of carbonyl (C=O) groups is 1. The van der Waals surface area contributed by atoms with Crippen molar-refractivity contribution in [2.24, 2.45) is 0 Å². The van der Waals surface area contributed by atoms with Gasteiger partial charge in [-0.2, -0.15) is 0 Å². The maximum Gasteiger partial charge on any atom is 0.234 e. The number of nitrogens with one attached hydrogen (secondary N) is 1. The maximum atomic E-state index is 13.3. The van der Waals surface area contributed by atoms with Crippen molar-refractivity contribution in [3.63, 3.8) is 0 Å². The topological polar surface area (TPSA) is 69.0 Å². The van der Waals surface area contributed by atoms with Crippen molar-refractivity contribution < 1.29 is 13.9 Å². The van der Waals surface area contributed by atoms with Crippen LogP contribution in [-0.2, 0) is 17.9 Å². The molecule has 1 aromatic heterocycles. The number of carbonyl (C=O) groups excluding carboxylic acids is 1. The van der Waals surface area contributed by atoms with Crippen LogP contribution < -0.4 is 10.1 Å². The van der Waals surface area contributed by atoms with Gasteiger partial charge in [-0.3, -0.25) is 9.36 Å². The van der Waals surface area contributed by atoms with E-state index in [4.69, 9.17) is 16.3 Å². The summed E-state index contributed by atoms with van der Waals surface area (Å²) in [6.45, 7) is 8.57. The molecule has 0 fully saturated rings. The van der Waals surface area contributed by atoms with E-state index in [2.05, 4.69) is 35.9 Å². The van der Waals surface area contributed by atoms with Gasteiger partial charge >= 0.3 is 0 Å². The minimum absolute atomic E-state index is 0.0174. The highest BCUT2D eigenvalue weighted by Crippen LogP contribution is 2.23. The number of anilines is 1. The molecule has 1 amide bonds. The maximum absolute atomic E-state index is 13.3. The van der Waals surface area contributed by atoms with Crippen molar-refractivity contribution in [2.45, 2.75) is 38.1 Å². The Morgan fingerprint density at radius 3 is 2.69 bits per heavy atom. The molecule has 0 saturated carbocycles. The largest absolute Gasteiger partial charge is 0.486 e. The molecule has 3 rings (SSSR count). The predicted octanol–water partition coefficient (Wildman–Crippen LogP) is 5.69. The Morgan fingerprint density at radius 2 is 2.03 bits per heavy atom. The van der Waals surface area contributed by atoms with Gasteiger partial charge in [-0.25, -0.2) is 4.39 Å². The van der Waals surface area contributed by atoms with Crippen molar-refractivity contribution in [1.82, 2.24) is 14.8 Å². The molecular formula is C23H24ClFN4O2S. The first-order chi connectivity index (χ1) is 15.4. The van der Waals surface area contributed by atoms with E-state index < -0.39 is 5.82 Å². The normalized spacial score (nSPS) is 10.9. The van der Waals surface area contributed by atoms with E-state index in [1.807, 2.05) is 28.8 Å². The fourth-order valence-electron chi connectivity index (χ4n) is 2.84. The molecule has 0 aliphatic carbocycles. The second kappa shape index (κ2) is 11.2. The molecule has 0 atom stereocenters. The number of thioether (sulfide) groups is 1. The molecular weight excluding hydrogens is 451 g/mol. The molecule has 0 spiro atoms. The lowest BCUT2D eigenvalue weighted by Crippen LogP contribution is -2.15. The number of nitrogens with zero attached hydrogens (tertiary/aromatic N) is 3. The van der Waals surface area contributed by atoms with Gasteiger partial charge in [-0.05, 0) is 35.7 Å². The molecule has 32 heavy (non-hydrogen) atoms. The Labute approximate surface area is 195 Å². The fraction of sp³-hybridized carbons (Fsp3) is 0.261. The second-order valence-electron chi connectivity index (χ2n) is 7.28. The number of hydrogen-bond donors (Lipinski definition) is 1. The Balaban J connectivity index is 1.59. The monoisotopic (exact) mass is 474 g/mol. The predicted molar refractivity (Wildman–Crippen MR) is 126 cm³/mol. The zero-order valence-electron chi connectivity index (χ0n) is 17.8. The van der Waals surface area contributed by atoms with E-state index in [1.54, 1.807) is 6.08 Å². The summed E-state index contributed by atoms with van der Waals surface area (Å²) in [5.41, 5.74) is 1.96. The highest BCUT2D eigenvalue weighted by molar-refractivity contribution is 7.99. The summed E-state index contributed by atoms with van der Waals surface area (Å²) in [7, 11) is 0. The lowest BCUT2D eigenvalue weighted by Gasteiger charge is -2.10. The summed E-state index contributed by atoms with van der Waals surface area (Å²) in [4.78, 5) is 12.4. The smallest absolute Gasteiger partial charge is 0.234 e. The second-order valence-corrected chi connectivity index (χ2v) is 8.63. The quantitative estimate of drug-likeness (QED) is 0.302. The molecule has 9 heteroatoms. The van der Waals surface area contributed by atoms with E-state index in [-0.39, 0.29) is 23.3 Å². The van der Waals surface area contributed by atoms with Crippen LogP contribution >= 0.6 is 23.4 Å². The minimum Gasteiger partial charge on any atom is -0.486 e. The third-order valence-corrected chi connectivity index (χ3v) is 5.81. The lowest BCUT2D eigenvalue weighted by atomic mass is 10.0. The molecule has 6 nitrogen and oxygen atoms in total. The summed E-state index contributed by atoms with van der Waals surface area (Å²) < 4.78 is 20.8. The van der Waals surface area contributed by atoms with Gasteiger partial charge in [0.1, 0.15) is 18.2 Å². The number of hydrogen-bond acceptors (Lipinski definition) is 5. The molecule has 0 bridgehead atoms. The molecule has 0 aliphatic heterocycles. The molecule has 168 valence electrons. The molecule has 1 N–H and O–H groups in total. The van der Waals surface area contributed by atoms with Gasteiger partial charge in [0.05, 0.1) is 10.8 Å². The summed E-state index contributed by atoms with van der Waals surface area (Å²) in [6.07, 6.45) is 1.71. The Morgan fingerprint density at radius 1 is 1.28 bits per heavy atom. The van der Waals surface area contributed by atoms with Crippen LogP contribution in [0, 0.1) is 5.82 Å². The molecule has 0 radical (unpaired) electrons. The zero-order valence-corrected chi connectivity index (χ0v) is 19.4. The first-order valence-corrected chi connectivity index (χ1v) is 11.4. The number of allylic oxidation sites excluding steroid dienone is 1. The van der Waals surface area contributed by atoms with Crippen LogP contribution in [0.25, 0.3) is 0 Å². The summed E-state index contributed by atoms with van der Waals surface area (Å²) >= 11 is 7.06. The summed E-state index contributed by atoms with van der Waals surface area (Å²) in [5.74, 6) is 0.931. The van der Waals surface area contributed by atoms with Crippen LogP contribution in [0.4, 0.5) is 10.1 Å². The van der Waals surface area contributed by atoms with Gasteiger partial charge < -0.3 is 10.1 Å². The summed E-state index contributed by atoms with van der Waals surface area (Å²) in [6, 6.07) is 11.9. The average Bonchev–Trinajstić information content (AvgIpc) is 3.15.